The number of epoxide rings is 1. The first-order valence-electron chi connectivity index (χ1n) is 9.59. The summed E-state index contributed by atoms with van der Waals surface area (Å²) in [7, 11) is 1.33. The third-order valence-electron chi connectivity index (χ3n) is 7.73. The first kappa shape index (κ1) is 17.2. The van der Waals surface area contributed by atoms with Gasteiger partial charge in [0.05, 0.1) is 19.1 Å². The van der Waals surface area contributed by atoms with Crippen LogP contribution in [0.1, 0.15) is 33.6 Å². The van der Waals surface area contributed by atoms with Gasteiger partial charge in [-0.05, 0) is 37.7 Å². The number of esters is 3. The van der Waals surface area contributed by atoms with E-state index in [2.05, 4.69) is 6.92 Å². The van der Waals surface area contributed by atoms with Crippen molar-refractivity contribution >= 4 is 17.9 Å². The second-order valence-electron chi connectivity index (χ2n) is 9.08. The standard InChI is InChI=1S/C20H24O7/c1-8(17(22)24-4)14-9-5-11-15-19(2,10(9)6-13(21)27-14)7-12-16(25-12)20(15,3)18(23)26-11/h6,8-9,11-12,14-16H,5,7H2,1-4H3. The highest BCUT2D eigenvalue weighted by molar-refractivity contribution is 5.86. The minimum absolute atomic E-state index is 0.0108. The molecule has 0 aromatic carbocycles. The lowest BCUT2D eigenvalue weighted by Crippen LogP contribution is -2.58. The SMILES string of the molecule is COC(=O)C(C)C1OC(=O)C=C2C1CC1OC(=O)C3(C)C4OC4CC2(C)C13. The van der Waals surface area contributed by atoms with Crippen molar-refractivity contribution in [2.45, 2.75) is 58.0 Å². The summed E-state index contributed by atoms with van der Waals surface area (Å²) in [6, 6.07) is 0. The molecule has 4 fully saturated rings. The van der Waals surface area contributed by atoms with Crippen molar-refractivity contribution in [2.24, 2.45) is 28.6 Å². The van der Waals surface area contributed by atoms with E-state index in [1.807, 2.05) is 6.92 Å². The zero-order valence-electron chi connectivity index (χ0n) is 15.9. The molecule has 9 atom stereocenters. The number of carbonyl (C=O) groups excluding carboxylic acids is 3. The van der Waals surface area contributed by atoms with Gasteiger partial charge in [-0.3, -0.25) is 9.59 Å². The van der Waals surface area contributed by atoms with Gasteiger partial charge in [0.15, 0.2) is 0 Å². The van der Waals surface area contributed by atoms with E-state index in [0.717, 1.165) is 12.0 Å². The molecule has 27 heavy (non-hydrogen) atoms. The number of fused-ring (bicyclic) bond motifs is 4. The van der Waals surface area contributed by atoms with Gasteiger partial charge in [0.25, 0.3) is 0 Å². The van der Waals surface area contributed by atoms with E-state index in [1.54, 1.807) is 13.0 Å². The number of carbonyl (C=O) groups is 3. The van der Waals surface area contributed by atoms with Crippen molar-refractivity contribution in [3.8, 4) is 0 Å². The molecule has 2 saturated carbocycles. The van der Waals surface area contributed by atoms with Crippen molar-refractivity contribution in [1.82, 2.24) is 0 Å². The van der Waals surface area contributed by atoms with E-state index in [-0.39, 0.29) is 36.1 Å². The number of rotatable bonds is 2. The van der Waals surface area contributed by atoms with Gasteiger partial charge in [-0.2, -0.15) is 0 Å². The molecule has 7 heteroatoms. The topological polar surface area (TPSA) is 91.4 Å². The maximum atomic E-state index is 12.8. The molecule has 9 unspecified atom stereocenters. The molecule has 2 saturated heterocycles. The molecule has 0 bridgehead atoms. The minimum Gasteiger partial charge on any atom is -0.469 e. The van der Waals surface area contributed by atoms with Crippen LogP contribution in [-0.4, -0.2) is 49.4 Å². The molecule has 0 spiro atoms. The lowest BCUT2D eigenvalue weighted by Gasteiger charge is -2.54. The van der Waals surface area contributed by atoms with Gasteiger partial charge < -0.3 is 18.9 Å². The molecule has 7 nitrogen and oxygen atoms in total. The summed E-state index contributed by atoms with van der Waals surface area (Å²) in [4.78, 5) is 37.3. The van der Waals surface area contributed by atoms with Crippen molar-refractivity contribution in [3.05, 3.63) is 11.6 Å². The van der Waals surface area contributed by atoms with E-state index >= 15 is 0 Å². The zero-order valence-corrected chi connectivity index (χ0v) is 15.9. The van der Waals surface area contributed by atoms with Crippen LogP contribution in [0.3, 0.4) is 0 Å². The van der Waals surface area contributed by atoms with E-state index in [0.29, 0.717) is 6.42 Å². The Morgan fingerprint density at radius 1 is 1.26 bits per heavy atom. The van der Waals surface area contributed by atoms with Gasteiger partial charge in [0.1, 0.15) is 23.7 Å². The smallest absolute Gasteiger partial charge is 0.331 e. The van der Waals surface area contributed by atoms with Crippen molar-refractivity contribution < 1.29 is 33.3 Å². The second kappa shape index (κ2) is 5.13. The molecule has 0 aromatic rings. The third-order valence-corrected chi connectivity index (χ3v) is 7.73. The number of hydrogen-bond donors (Lipinski definition) is 0. The van der Waals surface area contributed by atoms with Crippen LogP contribution < -0.4 is 0 Å². The lowest BCUT2D eigenvalue weighted by atomic mass is 9.47. The maximum absolute atomic E-state index is 12.8. The van der Waals surface area contributed by atoms with Crippen LogP contribution in [0.4, 0.5) is 0 Å². The Labute approximate surface area is 157 Å². The van der Waals surface area contributed by atoms with Gasteiger partial charge in [-0.15, -0.1) is 0 Å². The van der Waals surface area contributed by atoms with Crippen molar-refractivity contribution in [1.29, 1.82) is 0 Å². The molecule has 0 N–H and O–H groups in total. The molecule has 3 aliphatic heterocycles. The van der Waals surface area contributed by atoms with Gasteiger partial charge in [0, 0.05) is 17.9 Å². The molecule has 0 aromatic heterocycles. The van der Waals surface area contributed by atoms with E-state index < -0.39 is 34.8 Å². The van der Waals surface area contributed by atoms with Crippen molar-refractivity contribution in [2.75, 3.05) is 7.11 Å². The van der Waals surface area contributed by atoms with Gasteiger partial charge in [-0.25, -0.2) is 4.79 Å². The van der Waals surface area contributed by atoms with Crippen LogP contribution in [0.15, 0.2) is 11.6 Å². The molecule has 146 valence electrons. The Bertz CT molecular complexity index is 787. The monoisotopic (exact) mass is 376 g/mol. The minimum atomic E-state index is -0.682. The number of cyclic esters (lactones) is 1. The van der Waals surface area contributed by atoms with E-state index in [1.165, 1.54) is 7.11 Å². The molecule has 0 amide bonds. The quantitative estimate of drug-likeness (QED) is 0.409. The fraction of sp³-hybridized carbons (Fsp3) is 0.750. The van der Waals surface area contributed by atoms with Gasteiger partial charge in [0.2, 0.25) is 0 Å². The average Bonchev–Trinajstić information content (AvgIpc) is 3.34. The van der Waals surface area contributed by atoms with Gasteiger partial charge >= 0.3 is 17.9 Å². The van der Waals surface area contributed by atoms with Crippen LogP contribution in [-0.2, 0) is 33.3 Å². The summed E-state index contributed by atoms with van der Waals surface area (Å²) in [6.07, 6.45) is 1.91. The molecule has 5 aliphatic rings. The summed E-state index contributed by atoms with van der Waals surface area (Å²) >= 11 is 0. The van der Waals surface area contributed by atoms with Crippen LogP contribution in [0.2, 0.25) is 0 Å². The zero-order chi connectivity index (χ0) is 19.3. The predicted octanol–water partition coefficient (Wildman–Crippen LogP) is 1.39. The predicted molar refractivity (Wildman–Crippen MR) is 90.1 cm³/mol. The summed E-state index contributed by atoms with van der Waals surface area (Å²) in [5.74, 6) is -1.86. The van der Waals surface area contributed by atoms with E-state index in [4.69, 9.17) is 18.9 Å². The maximum Gasteiger partial charge on any atom is 0.331 e. The Balaban J connectivity index is 1.60. The Morgan fingerprint density at radius 3 is 2.70 bits per heavy atom. The van der Waals surface area contributed by atoms with Crippen molar-refractivity contribution in [3.63, 3.8) is 0 Å². The van der Waals surface area contributed by atoms with Crippen LogP contribution in [0.25, 0.3) is 0 Å². The molecule has 5 rings (SSSR count). The first-order chi connectivity index (χ1) is 12.7. The summed E-state index contributed by atoms with van der Waals surface area (Å²) in [6.45, 7) is 5.77. The largest absolute Gasteiger partial charge is 0.469 e. The van der Waals surface area contributed by atoms with Crippen LogP contribution >= 0.6 is 0 Å². The fourth-order valence-electron chi connectivity index (χ4n) is 6.59. The Hall–Kier alpha value is -1.89. The Kier molecular flexibility index (Phi) is 3.27. The summed E-state index contributed by atoms with van der Waals surface area (Å²) < 4.78 is 22.1. The molecular weight excluding hydrogens is 352 g/mol. The Morgan fingerprint density at radius 2 is 2.00 bits per heavy atom. The average molecular weight is 376 g/mol. The third kappa shape index (κ3) is 1.98. The highest BCUT2D eigenvalue weighted by atomic mass is 16.6. The van der Waals surface area contributed by atoms with Gasteiger partial charge in [-0.1, -0.05) is 6.92 Å². The second-order valence-corrected chi connectivity index (χ2v) is 9.08. The van der Waals surface area contributed by atoms with E-state index in [9.17, 15) is 14.4 Å². The highest BCUT2D eigenvalue weighted by Gasteiger charge is 2.77. The molecule has 2 aliphatic carbocycles. The van der Waals surface area contributed by atoms with Crippen LogP contribution in [0.5, 0.6) is 0 Å². The molecular formula is C20H24O7. The summed E-state index contributed by atoms with van der Waals surface area (Å²) in [5, 5.41) is 0. The number of ether oxygens (including phenoxy) is 4. The normalized spacial score (nSPS) is 50.3. The lowest BCUT2D eigenvalue weighted by molar-refractivity contribution is -0.165. The molecule has 3 heterocycles. The van der Waals surface area contributed by atoms with Crippen LogP contribution in [0, 0.1) is 28.6 Å². The number of methoxy groups -OCH3 is 1. The highest BCUT2D eigenvalue weighted by Crippen LogP contribution is 2.70. The fourth-order valence-corrected chi connectivity index (χ4v) is 6.59. The molecule has 0 radical (unpaired) electrons. The first-order valence-corrected chi connectivity index (χ1v) is 9.59. The number of hydrogen-bond acceptors (Lipinski definition) is 7. The summed E-state index contributed by atoms with van der Waals surface area (Å²) in [5.41, 5.74) is -0.113.